The Labute approximate surface area is 150 Å². The summed E-state index contributed by atoms with van der Waals surface area (Å²) in [6.07, 6.45) is -2.97. The van der Waals surface area contributed by atoms with Crippen LogP contribution >= 0.6 is 0 Å². The number of pyridine rings is 1. The monoisotopic (exact) mass is 374 g/mol. The molecule has 27 heavy (non-hydrogen) atoms. The van der Waals surface area contributed by atoms with Gasteiger partial charge < -0.3 is 9.26 Å². The van der Waals surface area contributed by atoms with Gasteiger partial charge in [0.15, 0.2) is 5.58 Å². The number of nitrogens with zero attached hydrogens (tertiary/aromatic N) is 2. The highest BCUT2D eigenvalue weighted by molar-refractivity contribution is 5.91. The zero-order valence-electron chi connectivity index (χ0n) is 14.1. The largest absolute Gasteiger partial charge is 0.469 e. The fourth-order valence-corrected chi connectivity index (χ4v) is 3.00. The van der Waals surface area contributed by atoms with Crippen LogP contribution in [0.2, 0.25) is 0 Å². The first-order chi connectivity index (χ1) is 12.9. The lowest BCUT2D eigenvalue weighted by Crippen LogP contribution is -2.10. The summed E-state index contributed by atoms with van der Waals surface area (Å²) in [4.78, 5) is 15.7. The molecule has 4 aromatic rings. The maximum atomic E-state index is 13.0. The molecule has 8 heteroatoms. The van der Waals surface area contributed by atoms with Crippen LogP contribution in [-0.4, -0.2) is 22.8 Å². The van der Waals surface area contributed by atoms with Crippen molar-refractivity contribution in [3.8, 4) is 5.69 Å². The topological polar surface area (TPSA) is 57.3 Å². The Morgan fingerprint density at radius 2 is 2.04 bits per heavy atom. The second-order valence-electron chi connectivity index (χ2n) is 5.96. The number of hydrogen-bond donors (Lipinski definition) is 0. The van der Waals surface area contributed by atoms with E-state index in [0.29, 0.717) is 27.7 Å². The lowest BCUT2D eigenvalue weighted by Gasteiger charge is -2.18. The third-order valence-corrected chi connectivity index (χ3v) is 4.30. The summed E-state index contributed by atoms with van der Waals surface area (Å²) in [5.74, 6) is -0.398. The molecule has 2 heterocycles. The van der Waals surface area contributed by atoms with Crippen molar-refractivity contribution in [1.29, 1.82) is 0 Å². The highest BCUT2D eigenvalue weighted by atomic mass is 19.4. The molecule has 0 aliphatic rings. The van der Waals surface area contributed by atoms with Crippen LogP contribution in [0, 0.1) is 0 Å². The Balaban J connectivity index is 1.87. The molecule has 0 bridgehead atoms. The maximum absolute atomic E-state index is 13.0. The first-order valence-corrected chi connectivity index (χ1v) is 8.01. The number of carbonyl (C=O) groups is 1. The van der Waals surface area contributed by atoms with Gasteiger partial charge in [-0.3, -0.25) is 9.78 Å². The third-order valence-electron chi connectivity index (χ3n) is 4.30. The van der Waals surface area contributed by atoms with Crippen molar-refractivity contribution in [2.75, 3.05) is 7.11 Å². The predicted molar refractivity (Wildman–Crippen MR) is 91.6 cm³/mol. The molecule has 0 spiro atoms. The number of ether oxygens (including phenoxy) is 1. The standard InChI is InChI=1S/C19H13F3N2O3/c1-26-17(25)9-11-3-2-4-16-18(11)24(27-16)15-7-8-23-14-10-12(19(20,21)22)5-6-13(14)15/h2-8,10H,9H2,1H3. The number of esters is 1. The van der Waals surface area contributed by atoms with E-state index in [4.69, 9.17) is 9.26 Å². The van der Waals surface area contributed by atoms with E-state index in [1.807, 2.05) is 0 Å². The third kappa shape index (κ3) is 2.92. The van der Waals surface area contributed by atoms with Crippen molar-refractivity contribution in [3.63, 3.8) is 0 Å². The molecule has 0 N–H and O–H groups in total. The number of benzene rings is 2. The second kappa shape index (κ2) is 6.15. The van der Waals surface area contributed by atoms with Crippen molar-refractivity contribution < 1.29 is 27.2 Å². The van der Waals surface area contributed by atoms with Crippen molar-refractivity contribution in [3.05, 3.63) is 59.8 Å². The van der Waals surface area contributed by atoms with E-state index < -0.39 is 17.7 Å². The fourth-order valence-electron chi connectivity index (χ4n) is 3.00. The number of halogens is 3. The van der Waals surface area contributed by atoms with E-state index in [1.54, 1.807) is 24.3 Å². The molecule has 0 aliphatic heterocycles. The number of hydrogen-bond acceptors (Lipinski definition) is 4. The van der Waals surface area contributed by atoms with E-state index in [9.17, 15) is 18.0 Å². The lowest BCUT2D eigenvalue weighted by atomic mass is 10.1. The van der Waals surface area contributed by atoms with Gasteiger partial charge in [0.05, 0.1) is 30.3 Å². The van der Waals surface area contributed by atoms with E-state index in [2.05, 4.69) is 4.98 Å². The fraction of sp³-hybridized carbons (Fsp3) is 0.158. The first-order valence-electron chi connectivity index (χ1n) is 8.01. The average Bonchev–Trinajstić information content (AvgIpc) is 2.61. The van der Waals surface area contributed by atoms with Crippen LogP contribution in [0.25, 0.3) is 27.7 Å². The number of methoxy groups -OCH3 is 1. The minimum absolute atomic E-state index is 0.0563. The lowest BCUT2D eigenvalue weighted by molar-refractivity contribution is -0.140. The van der Waals surface area contributed by atoms with Gasteiger partial charge in [-0.25, -0.2) is 0 Å². The number of para-hydroxylation sites is 1. The zero-order chi connectivity index (χ0) is 19.2. The number of rotatable bonds is 3. The SMILES string of the molecule is COC(=O)Cc1cccc2on(-c3ccnc4cc(C(F)(F)F)ccc34)c12. The van der Waals surface area contributed by atoms with Gasteiger partial charge in [-0.2, -0.15) is 17.9 Å². The Bertz CT molecular complexity index is 1160. The van der Waals surface area contributed by atoms with Gasteiger partial charge in [0, 0.05) is 11.6 Å². The molecule has 0 saturated heterocycles. The van der Waals surface area contributed by atoms with Crippen LogP contribution in [0.1, 0.15) is 11.1 Å². The van der Waals surface area contributed by atoms with Crippen molar-refractivity contribution in [2.24, 2.45) is 0 Å². The first kappa shape index (κ1) is 17.1. The molecule has 0 unspecified atom stereocenters. The average molecular weight is 374 g/mol. The van der Waals surface area contributed by atoms with Gasteiger partial charge in [-0.05, 0) is 35.9 Å². The van der Waals surface area contributed by atoms with Gasteiger partial charge in [0.2, 0.25) is 0 Å². The number of carbonyl (C=O) groups excluding carboxylic acids is 1. The molecular weight excluding hydrogens is 361 g/mol. The maximum Gasteiger partial charge on any atom is 0.416 e. The Hall–Kier alpha value is -3.29. The molecule has 0 aliphatic carbocycles. The van der Waals surface area contributed by atoms with Gasteiger partial charge in [-0.15, -0.1) is 0 Å². The summed E-state index contributed by atoms with van der Waals surface area (Å²) >= 11 is 0. The number of alkyl halides is 3. The summed E-state index contributed by atoms with van der Waals surface area (Å²) in [6.45, 7) is 0. The summed E-state index contributed by atoms with van der Waals surface area (Å²) in [7, 11) is 1.31. The number of aromatic nitrogens is 2. The molecular formula is C19H13F3N2O3. The van der Waals surface area contributed by atoms with E-state index >= 15 is 0 Å². The summed E-state index contributed by atoms with van der Waals surface area (Å²) < 4.78 is 50.7. The van der Waals surface area contributed by atoms with E-state index in [-0.39, 0.29) is 11.9 Å². The van der Waals surface area contributed by atoms with Gasteiger partial charge in [0.25, 0.3) is 0 Å². The molecule has 0 fully saturated rings. The molecule has 0 amide bonds. The van der Waals surface area contributed by atoms with Gasteiger partial charge in [-0.1, -0.05) is 12.1 Å². The van der Waals surface area contributed by atoms with Gasteiger partial charge in [0.1, 0.15) is 5.52 Å². The molecule has 2 aromatic heterocycles. The molecule has 138 valence electrons. The van der Waals surface area contributed by atoms with Crippen molar-refractivity contribution in [2.45, 2.75) is 12.6 Å². The van der Waals surface area contributed by atoms with Gasteiger partial charge >= 0.3 is 12.1 Å². The van der Waals surface area contributed by atoms with Crippen molar-refractivity contribution >= 4 is 28.0 Å². The van der Waals surface area contributed by atoms with Crippen LogP contribution < -0.4 is 0 Å². The van der Waals surface area contributed by atoms with Crippen LogP contribution in [0.5, 0.6) is 0 Å². The Morgan fingerprint density at radius 3 is 2.78 bits per heavy atom. The zero-order valence-corrected chi connectivity index (χ0v) is 14.1. The molecule has 0 radical (unpaired) electrons. The smallest absolute Gasteiger partial charge is 0.416 e. The number of fused-ring (bicyclic) bond motifs is 2. The summed E-state index contributed by atoms with van der Waals surface area (Å²) in [5.41, 5.74) is 1.92. The van der Waals surface area contributed by atoms with Crippen molar-refractivity contribution in [1.82, 2.24) is 9.72 Å². The summed E-state index contributed by atoms with van der Waals surface area (Å²) in [6, 6.07) is 10.3. The minimum Gasteiger partial charge on any atom is -0.469 e. The molecule has 0 atom stereocenters. The van der Waals surface area contributed by atoms with E-state index in [0.717, 1.165) is 12.1 Å². The molecule has 0 saturated carbocycles. The van der Waals surface area contributed by atoms with Crippen LogP contribution in [0.15, 0.2) is 53.2 Å². The minimum atomic E-state index is -4.45. The van der Waals surface area contributed by atoms with E-state index in [1.165, 1.54) is 24.1 Å². The molecule has 5 nitrogen and oxygen atoms in total. The molecule has 2 aromatic carbocycles. The van der Waals surface area contributed by atoms with Crippen LogP contribution in [0.3, 0.4) is 0 Å². The Kier molecular flexibility index (Phi) is 3.91. The molecule has 4 rings (SSSR count). The summed E-state index contributed by atoms with van der Waals surface area (Å²) in [5, 5.41) is 0.504. The predicted octanol–water partition coefficient (Wildman–Crippen LogP) is 4.51. The highest BCUT2D eigenvalue weighted by Crippen LogP contribution is 2.34. The normalized spacial score (nSPS) is 12.0. The second-order valence-corrected chi connectivity index (χ2v) is 5.96. The van der Waals surface area contributed by atoms with Crippen LogP contribution in [-0.2, 0) is 22.1 Å². The Morgan fingerprint density at radius 1 is 1.22 bits per heavy atom. The van der Waals surface area contributed by atoms with Crippen LogP contribution in [0.4, 0.5) is 13.2 Å². The highest BCUT2D eigenvalue weighted by Gasteiger charge is 2.31. The quantitative estimate of drug-likeness (QED) is 0.495.